The summed E-state index contributed by atoms with van der Waals surface area (Å²) in [5.74, 6) is 0. The lowest BCUT2D eigenvalue weighted by Gasteiger charge is -2.13. The first-order chi connectivity index (χ1) is 10.1. The van der Waals surface area contributed by atoms with Gasteiger partial charge in [-0.25, -0.2) is 0 Å². The standard InChI is InChI=1S/C15H12N2O3S/c16-11-10-15(12-4-2-1-3-5-12)21(20)14-8-6-13(7-9-14)17(18)19/h1-9,15H,10H2. The molecular weight excluding hydrogens is 288 g/mol. The molecule has 21 heavy (non-hydrogen) atoms. The zero-order chi connectivity index (χ0) is 15.2. The van der Waals surface area contributed by atoms with Crippen LogP contribution in [0.25, 0.3) is 0 Å². The van der Waals surface area contributed by atoms with E-state index in [0.29, 0.717) is 4.90 Å². The fourth-order valence-corrected chi connectivity index (χ4v) is 3.30. The second-order valence-corrected chi connectivity index (χ2v) is 5.95. The summed E-state index contributed by atoms with van der Waals surface area (Å²) in [6.07, 6.45) is 0.119. The Kier molecular flexibility index (Phi) is 4.80. The number of hydrogen-bond donors (Lipinski definition) is 0. The fourth-order valence-electron chi connectivity index (χ4n) is 1.93. The van der Waals surface area contributed by atoms with Crippen LogP contribution in [-0.4, -0.2) is 9.13 Å². The van der Waals surface area contributed by atoms with Crippen LogP contribution in [0.15, 0.2) is 59.5 Å². The molecular formula is C15H12N2O3S. The van der Waals surface area contributed by atoms with Crippen LogP contribution >= 0.6 is 0 Å². The molecule has 5 nitrogen and oxygen atoms in total. The second kappa shape index (κ2) is 6.77. The third-order valence-electron chi connectivity index (χ3n) is 2.99. The Morgan fingerprint density at radius 2 is 1.76 bits per heavy atom. The molecule has 0 aliphatic rings. The zero-order valence-electron chi connectivity index (χ0n) is 11.0. The van der Waals surface area contributed by atoms with E-state index in [9.17, 15) is 14.3 Å². The molecule has 0 fully saturated rings. The van der Waals surface area contributed by atoms with Crippen molar-refractivity contribution in [1.29, 1.82) is 5.26 Å². The smallest absolute Gasteiger partial charge is 0.258 e. The molecule has 2 atom stereocenters. The molecule has 0 spiro atoms. The lowest BCUT2D eigenvalue weighted by Crippen LogP contribution is -2.06. The SMILES string of the molecule is N#CCC(c1ccccc1)S(=O)c1ccc([N+](=O)[O-])cc1. The van der Waals surface area contributed by atoms with Crippen molar-refractivity contribution >= 4 is 16.5 Å². The summed E-state index contributed by atoms with van der Waals surface area (Å²) in [6.45, 7) is 0. The van der Waals surface area contributed by atoms with Crippen LogP contribution in [0.5, 0.6) is 0 Å². The topological polar surface area (TPSA) is 84.0 Å². The predicted octanol–water partition coefficient (Wildman–Crippen LogP) is 3.36. The molecule has 0 aliphatic carbocycles. The molecule has 0 aromatic heterocycles. The molecule has 0 heterocycles. The van der Waals surface area contributed by atoms with Crippen LogP contribution in [0.1, 0.15) is 17.2 Å². The molecule has 0 aliphatic heterocycles. The van der Waals surface area contributed by atoms with Gasteiger partial charge in [0.15, 0.2) is 0 Å². The van der Waals surface area contributed by atoms with Crippen molar-refractivity contribution in [2.45, 2.75) is 16.6 Å². The third kappa shape index (κ3) is 3.52. The first kappa shape index (κ1) is 14.9. The molecule has 2 aromatic rings. The van der Waals surface area contributed by atoms with Crippen LogP contribution < -0.4 is 0 Å². The van der Waals surface area contributed by atoms with Crippen molar-refractivity contribution in [3.63, 3.8) is 0 Å². The first-order valence-corrected chi connectivity index (χ1v) is 7.41. The second-order valence-electron chi connectivity index (χ2n) is 4.31. The Labute approximate surface area is 124 Å². The Balaban J connectivity index is 2.31. The Morgan fingerprint density at radius 1 is 1.14 bits per heavy atom. The molecule has 0 saturated carbocycles. The van der Waals surface area contributed by atoms with E-state index in [1.165, 1.54) is 24.3 Å². The van der Waals surface area contributed by atoms with E-state index in [2.05, 4.69) is 0 Å². The van der Waals surface area contributed by atoms with Crippen molar-refractivity contribution in [3.05, 3.63) is 70.3 Å². The zero-order valence-corrected chi connectivity index (χ0v) is 11.8. The Bertz CT molecular complexity index is 693. The van der Waals surface area contributed by atoms with Crippen molar-refractivity contribution in [2.24, 2.45) is 0 Å². The van der Waals surface area contributed by atoms with Gasteiger partial charge in [0.1, 0.15) is 0 Å². The number of nitriles is 1. The Hall–Kier alpha value is -2.52. The van der Waals surface area contributed by atoms with E-state index >= 15 is 0 Å². The monoisotopic (exact) mass is 300 g/mol. The fraction of sp³-hybridized carbons (Fsp3) is 0.133. The minimum atomic E-state index is -1.44. The average Bonchev–Trinajstić information content (AvgIpc) is 2.53. The van der Waals surface area contributed by atoms with Crippen LogP contribution in [-0.2, 0) is 10.8 Å². The van der Waals surface area contributed by atoms with E-state index in [0.717, 1.165) is 5.56 Å². The van der Waals surface area contributed by atoms with Crippen molar-refractivity contribution in [1.82, 2.24) is 0 Å². The molecule has 0 bridgehead atoms. The molecule has 106 valence electrons. The van der Waals surface area contributed by atoms with Crippen LogP contribution in [0.3, 0.4) is 0 Å². The summed E-state index contributed by atoms with van der Waals surface area (Å²) in [5, 5.41) is 19.1. The van der Waals surface area contributed by atoms with Gasteiger partial charge in [-0.1, -0.05) is 30.3 Å². The lowest BCUT2D eigenvalue weighted by atomic mass is 10.1. The van der Waals surface area contributed by atoms with E-state index in [4.69, 9.17) is 5.26 Å². The van der Waals surface area contributed by atoms with Gasteiger partial charge < -0.3 is 0 Å². The number of hydrogen-bond acceptors (Lipinski definition) is 4. The highest BCUT2D eigenvalue weighted by molar-refractivity contribution is 7.85. The highest BCUT2D eigenvalue weighted by Gasteiger charge is 2.21. The summed E-state index contributed by atoms with van der Waals surface area (Å²) in [6, 6.07) is 16.8. The van der Waals surface area contributed by atoms with Crippen LogP contribution in [0.2, 0.25) is 0 Å². The normalized spacial score (nSPS) is 13.1. The van der Waals surface area contributed by atoms with Gasteiger partial charge in [0.25, 0.3) is 5.69 Å². The van der Waals surface area contributed by atoms with Gasteiger partial charge in [-0.05, 0) is 17.7 Å². The molecule has 0 amide bonds. The third-order valence-corrected chi connectivity index (χ3v) is 4.68. The van der Waals surface area contributed by atoms with Gasteiger partial charge >= 0.3 is 0 Å². The van der Waals surface area contributed by atoms with E-state index < -0.39 is 21.0 Å². The maximum atomic E-state index is 12.6. The van der Waals surface area contributed by atoms with Crippen LogP contribution in [0, 0.1) is 21.4 Å². The van der Waals surface area contributed by atoms with Gasteiger partial charge in [0, 0.05) is 17.0 Å². The molecule has 2 aromatic carbocycles. The molecule has 0 N–H and O–H groups in total. The molecule has 0 saturated heterocycles. The van der Waals surface area contributed by atoms with Crippen molar-refractivity contribution < 1.29 is 9.13 Å². The maximum Gasteiger partial charge on any atom is 0.269 e. The van der Waals surface area contributed by atoms with Gasteiger partial charge in [-0.2, -0.15) is 5.26 Å². The van der Waals surface area contributed by atoms with Crippen LogP contribution in [0.4, 0.5) is 5.69 Å². The highest BCUT2D eigenvalue weighted by Crippen LogP contribution is 2.28. The number of nitro benzene ring substituents is 1. The van der Waals surface area contributed by atoms with E-state index in [1.807, 2.05) is 36.4 Å². The summed E-state index contributed by atoms with van der Waals surface area (Å²) >= 11 is 0. The van der Waals surface area contributed by atoms with E-state index in [1.54, 1.807) is 0 Å². The van der Waals surface area contributed by atoms with Gasteiger partial charge in [-0.15, -0.1) is 0 Å². The van der Waals surface area contributed by atoms with Gasteiger partial charge in [0.2, 0.25) is 0 Å². The minimum Gasteiger partial charge on any atom is -0.258 e. The number of nitrogens with zero attached hydrogens (tertiary/aromatic N) is 2. The first-order valence-electron chi connectivity index (χ1n) is 6.20. The molecule has 0 radical (unpaired) electrons. The molecule has 6 heteroatoms. The predicted molar refractivity (Wildman–Crippen MR) is 78.9 cm³/mol. The van der Waals surface area contributed by atoms with Gasteiger partial charge in [0.05, 0.1) is 33.5 Å². The maximum absolute atomic E-state index is 12.6. The Morgan fingerprint density at radius 3 is 2.29 bits per heavy atom. The largest absolute Gasteiger partial charge is 0.269 e. The average molecular weight is 300 g/mol. The number of nitro groups is 1. The summed E-state index contributed by atoms with van der Waals surface area (Å²) in [4.78, 5) is 10.6. The minimum absolute atomic E-state index is 0.0488. The molecule has 2 rings (SSSR count). The summed E-state index contributed by atoms with van der Waals surface area (Å²) < 4.78 is 12.6. The van der Waals surface area contributed by atoms with Gasteiger partial charge in [-0.3, -0.25) is 14.3 Å². The van der Waals surface area contributed by atoms with E-state index in [-0.39, 0.29) is 12.1 Å². The molecule has 2 unspecified atom stereocenters. The summed E-state index contributed by atoms with van der Waals surface area (Å²) in [5.41, 5.74) is 0.767. The number of non-ortho nitro benzene ring substituents is 1. The number of rotatable bonds is 5. The van der Waals surface area contributed by atoms with Crippen molar-refractivity contribution in [2.75, 3.05) is 0 Å². The highest BCUT2D eigenvalue weighted by atomic mass is 32.2. The quantitative estimate of drug-likeness (QED) is 0.626. The summed E-state index contributed by atoms with van der Waals surface area (Å²) in [7, 11) is -1.44. The van der Waals surface area contributed by atoms with Crippen molar-refractivity contribution in [3.8, 4) is 6.07 Å². The number of benzene rings is 2. The lowest BCUT2D eigenvalue weighted by molar-refractivity contribution is -0.384.